The monoisotopic (exact) mass is 400 g/mol. The van der Waals surface area contributed by atoms with Crippen LogP contribution >= 0.6 is 0 Å². The molecule has 2 N–H and O–H groups in total. The van der Waals surface area contributed by atoms with Gasteiger partial charge in [-0.3, -0.25) is 9.69 Å². The highest BCUT2D eigenvalue weighted by molar-refractivity contribution is 6.00. The summed E-state index contributed by atoms with van der Waals surface area (Å²) in [5.74, 6) is 0.512. The van der Waals surface area contributed by atoms with Crippen molar-refractivity contribution in [2.75, 3.05) is 51.3 Å². The number of anilines is 1. The highest BCUT2D eigenvalue weighted by atomic mass is 16.5. The lowest BCUT2D eigenvalue weighted by Gasteiger charge is -2.45. The molecule has 0 radical (unpaired) electrons. The highest BCUT2D eigenvalue weighted by Crippen LogP contribution is 2.33. The summed E-state index contributed by atoms with van der Waals surface area (Å²) in [4.78, 5) is 29.2. The van der Waals surface area contributed by atoms with Crippen molar-refractivity contribution in [3.63, 3.8) is 0 Å². The predicted octanol–water partition coefficient (Wildman–Crippen LogP) is 1.72. The molecule has 8 heteroatoms. The Morgan fingerprint density at radius 3 is 2.79 bits per heavy atom. The number of carbonyl (C=O) groups is 2. The van der Waals surface area contributed by atoms with Crippen LogP contribution in [0.2, 0.25) is 0 Å². The van der Waals surface area contributed by atoms with E-state index < -0.39 is 0 Å². The maximum atomic E-state index is 13.3. The van der Waals surface area contributed by atoms with Crippen molar-refractivity contribution in [2.45, 2.75) is 24.9 Å². The quantitative estimate of drug-likeness (QED) is 0.807. The Kier molecular flexibility index (Phi) is 5.47. The maximum Gasteiger partial charge on any atom is 0.326 e. The molecule has 1 spiro atoms. The highest BCUT2D eigenvalue weighted by Gasteiger charge is 2.39. The topological polar surface area (TPSA) is 83.1 Å². The van der Waals surface area contributed by atoms with Crippen LogP contribution in [0.15, 0.2) is 30.5 Å². The molecule has 0 aliphatic carbocycles. The molecule has 4 rings (SSSR count). The molecular formula is C21H28N4O4. The number of rotatable bonds is 3. The molecule has 3 amide bonds. The van der Waals surface area contributed by atoms with Gasteiger partial charge in [0.05, 0.1) is 31.5 Å². The number of nitrogens with zero attached hydrogens (tertiary/aromatic N) is 2. The number of ether oxygens (including phenoxy) is 2. The zero-order valence-corrected chi connectivity index (χ0v) is 16.8. The first kappa shape index (κ1) is 19.7. The molecule has 0 saturated carbocycles. The summed E-state index contributed by atoms with van der Waals surface area (Å²) in [6.45, 7) is 7.83. The fourth-order valence-corrected chi connectivity index (χ4v) is 4.28. The number of urea groups is 1. The molecule has 0 unspecified atom stereocenters. The van der Waals surface area contributed by atoms with E-state index in [1.165, 1.54) is 0 Å². The average molecular weight is 400 g/mol. The molecule has 1 aromatic rings. The van der Waals surface area contributed by atoms with Gasteiger partial charge in [0.2, 0.25) is 0 Å². The molecule has 0 atom stereocenters. The van der Waals surface area contributed by atoms with Crippen LogP contribution in [0.25, 0.3) is 0 Å². The van der Waals surface area contributed by atoms with Crippen molar-refractivity contribution in [1.82, 2.24) is 15.5 Å². The Bertz CT molecular complexity index is 813. The second-order valence-electron chi connectivity index (χ2n) is 7.83. The molecule has 3 aliphatic heterocycles. The Morgan fingerprint density at radius 2 is 2.07 bits per heavy atom. The zero-order valence-electron chi connectivity index (χ0n) is 16.8. The molecule has 0 bridgehead atoms. The van der Waals surface area contributed by atoms with Gasteiger partial charge in [-0.15, -0.1) is 0 Å². The van der Waals surface area contributed by atoms with Gasteiger partial charge in [0.15, 0.2) is 0 Å². The van der Waals surface area contributed by atoms with E-state index in [1.807, 2.05) is 4.90 Å². The molecule has 8 nitrogen and oxygen atoms in total. The van der Waals surface area contributed by atoms with E-state index in [-0.39, 0.29) is 17.5 Å². The Hall–Kier alpha value is -2.58. The first-order chi connectivity index (χ1) is 14.0. The summed E-state index contributed by atoms with van der Waals surface area (Å²) >= 11 is 0. The average Bonchev–Trinajstić information content (AvgIpc) is 2.73. The molecule has 0 aromatic heterocycles. The van der Waals surface area contributed by atoms with Crippen molar-refractivity contribution >= 4 is 17.6 Å². The third-order valence-electron chi connectivity index (χ3n) is 5.93. The van der Waals surface area contributed by atoms with E-state index in [0.717, 1.165) is 25.9 Å². The number of nitrogens with one attached hydrogen (secondary N) is 2. The van der Waals surface area contributed by atoms with E-state index >= 15 is 0 Å². The van der Waals surface area contributed by atoms with E-state index in [2.05, 4.69) is 17.2 Å². The second-order valence-corrected chi connectivity index (χ2v) is 7.83. The van der Waals surface area contributed by atoms with E-state index in [4.69, 9.17) is 9.47 Å². The summed E-state index contributed by atoms with van der Waals surface area (Å²) in [6, 6.07) is 5.00. The van der Waals surface area contributed by atoms with Crippen LogP contribution in [0.1, 0.15) is 29.6 Å². The zero-order chi connectivity index (χ0) is 20.4. The minimum Gasteiger partial charge on any atom is -0.495 e. The van der Waals surface area contributed by atoms with Gasteiger partial charge in [0.1, 0.15) is 5.75 Å². The lowest BCUT2D eigenvalue weighted by molar-refractivity contribution is -0.114. The molecular weight excluding hydrogens is 372 g/mol. The van der Waals surface area contributed by atoms with E-state index in [0.29, 0.717) is 55.4 Å². The fourth-order valence-electron chi connectivity index (χ4n) is 4.28. The molecule has 3 saturated heterocycles. The number of hydrogen-bond acceptors (Lipinski definition) is 5. The van der Waals surface area contributed by atoms with Crippen LogP contribution < -0.4 is 20.3 Å². The van der Waals surface area contributed by atoms with Crippen molar-refractivity contribution in [2.24, 2.45) is 0 Å². The van der Waals surface area contributed by atoms with Crippen molar-refractivity contribution < 1.29 is 19.1 Å². The van der Waals surface area contributed by atoms with Crippen molar-refractivity contribution in [3.8, 4) is 5.75 Å². The Labute approximate surface area is 170 Å². The minimum atomic E-state index is -0.260. The van der Waals surface area contributed by atoms with Crippen LogP contribution in [0.3, 0.4) is 0 Å². The summed E-state index contributed by atoms with van der Waals surface area (Å²) in [7, 11) is 1.56. The number of morpholine rings is 1. The molecule has 156 valence electrons. The number of piperidine rings is 1. The molecule has 3 aliphatic rings. The van der Waals surface area contributed by atoms with Gasteiger partial charge in [-0.2, -0.15) is 0 Å². The molecule has 1 aromatic carbocycles. The van der Waals surface area contributed by atoms with Gasteiger partial charge in [-0.25, -0.2) is 4.79 Å². The normalized spacial score (nSPS) is 21.8. The minimum absolute atomic E-state index is 0.0445. The number of benzene rings is 1. The second kappa shape index (κ2) is 8.04. The van der Waals surface area contributed by atoms with Gasteiger partial charge in [0, 0.05) is 30.8 Å². The Morgan fingerprint density at radius 1 is 1.28 bits per heavy atom. The van der Waals surface area contributed by atoms with Gasteiger partial charge in [-0.1, -0.05) is 6.58 Å². The van der Waals surface area contributed by atoms with Crippen LogP contribution in [-0.4, -0.2) is 68.9 Å². The third-order valence-corrected chi connectivity index (χ3v) is 5.93. The fraction of sp³-hybridized carbons (Fsp3) is 0.524. The summed E-state index contributed by atoms with van der Waals surface area (Å²) in [6.07, 6.45) is 2.46. The van der Waals surface area contributed by atoms with Crippen LogP contribution in [0, 0.1) is 0 Å². The largest absolute Gasteiger partial charge is 0.495 e. The lowest BCUT2D eigenvalue weighted by atomic mass is 9.90. The van der Waals surface area contributed by atoms with E-state index in [9.17, 15) is 9.59 Å². The lowest BCUT2D eigenvalue weighted by Crippen LogP contribution is -2.57. The smallest absolute Gasteiger partial charge is 0.326 e. The first-order valence-electron chi connectivity index (χ1n) is 10.1. The maximum absolute atomic E-state index is 13.3. The van der Waals surface area contributed by atoms with Gasteiger partial charge >= 0.3 is 6.03 Å². The third kappa shape index (κ3) is 3.95. The standard InChI is InChI=1S/C21H28N4O4/c1-15-5-10-25(20(27)23-15)17-13-16(3-4-18(17)28-2)19(26)24-11-12-29-21(14-24)6-8-22-9-7-21/h3-4,13,22H,1,5-12,14H2,2H3,(H,23,27). The molecule has 29 heavy (non-hydrogen) atoms. The van der Waals surface area contributed by atoms with Crippen molar-refractivity contribution in [1.29, 1.82) is 0 Å². The molecule has 3 heterocycles. The molecule has 3 fully saturated rings. The Balaban J connectivity index is 1.57. The number of amides is 3. The van der Waals surface area contributed by atoms with Gasteiger partial charge in [0.25, 0.3) is 5.91 Å². The van der Waals surface area contributed by atoms with Crippen molar-refractivity contribution in [3.05, 3.63) is 36.0 Å². The SMILES string of the molecule is C=C1CCN(c2cc(C(=O)N3CCOC4(CCNCC4)C3)ccc2OC)C(=O)N1. The number of carbonyl (C=O) groups excluding carboxylic acids is 2. The van der Waals surface area contributed by atoms with Crippen LogP contribution in [0.4, 0.5) is 10.5 Å². The van der Waals surface area contributed by atoms with Crippen LogP contribution in [0.5, 0.6) is 5.75 Å². The number of hydrogen-bond donors (Lipinski definition) is 2. The van der Waals surface area contributed by atoms with Gasteiger partial charge in [-0.05, 0) is 44.1 Å². The number of methoxy groups -OCH3 is 1. The van der Waals surface area contributed by atoms with Crippen LogP contribution in [-0.2, 0) is 4.74 Å². The summed E-state index contributed by atoms with van der Waals surface area (Å²) in [5.41, 5.74) is 1.58. The summed E-state index contributed by atoms with van der Waals surface area (Å²) < 4.78 is 11.5. The van der Waals surface area contributed by atoms with E-state index in [1.54, 1.807) is 30.2 Å². The summed E-state index contributed by atoms with van der Waals surface area (Å²) in [5, 5.41) is 6.10. The predicted molar refractivity (Wildman–Crippen MR) is 109 cm³/mol. The van der Waals surface area contributed by atoms with Gasteiger partial charge < -0.3 is 25.0 Å². The first-order valence-corrected chi connectivity index (χ1v) is 10.1.